The first-order valence-electron chi connectivity index (χ1n) is 3.67. The van der Waals surface area contributed by atoms with Gasteiger partial charge in [-0.3, -0.25) is 4.79 Å². The van der Waals surface area contributed by atoms with Crippen LogP contribution in [0.5, 0.6) is 0 Å². The van der Waals surface area contributed by atoms with Gasteiger partial charge < -0.3 is 10.4 Å². The largest absolute Gasteiger partial charge is 0.395 e. The van der Waals surface area contributed by atoms with E-state index in [1.807, 2.05) is 6.07 Å². The molecule has 0 aliphatic carbocycles. The van der Waals surface area contributed by atoms with Crippen LogP contribution in [0.1, 0.15) is 14.5 Å². The summed E-state index contributed by atoms with van der Waals surface area (Å²) in [6.07, 6.45) is 0. The highest BCUT2D eigenvalue weighted by molar-refractivity contribution is 7.14. The topological polar surface area (TPSA) is 73.1 Å². The zero-order valence-corrected chi connectivity index (χ0v) is 7.60. The molecule has 5 heteroatoms. The van der Waals surface area contributed by atoms with Crippen molar-refractivity contribution < 1.29 is 9.90 Å². The first kappa shape index (κ1) is 9.71. The number of aliphatic hydroxyl groups excluding tert-OH is 1. The molecule has 13 heavy (non-hydrogen) atoms. The van der Waals surface area contributed by atoms with Crippen LogP contribution in [0.2, 0.25) is 0 Å². The molecule has 0 aliphatic heterocycles. The minimum Gasteiger partial charge on any atom is -0.395 e. The van der Waals surface area contributed by atoms with Crippen molar-refractivity contribution in [3.63, 3.8) is 0 Å². The van der Waals surface area contributed by atoms with E-state index >= 15 is 0 Å². The lowest BCUT2D eigenvalue weighted by atomic mass is 10.4. The predicted octanol–water partition coefficient (Wildman–Crippen LogP) is 0.342. The number of nitrogens with one attached hydrogen (secondary N) is 1. The van der Waals surface area contributed by atoms with Crippen LogP contribution in [-0.2, 0) is 0 Å². The minimum absolute atomic E-state index is 0.0811. The Morgan fingerprint density at radius 2 is 2.46 bits per heavy atom. The van der Waals surface area contributed by atoms with Crippen LogP contribution in [-0.4, -0.2) is 24.2 Å². The number of amides is 1. The van der Waals surface area contributed by atoms with Crippen molar-refractivity contribution in [2.45, 2.75) is 0 Å². The van der Waals surface area contributed by atoms with Crippen molar-refractivity contribution in [1.29, 1.82) is 5.26 Å². The van der Waals surface area contributed by atoms with Gasteiger partial charge in [-0.2, -0.15) is 5.26 Å². The molecule has 0 spiro atoms. The van der Waals surface area contributed by atoms with Crippen molar-refractivity contribution in [3.8, 4) is 6.07 Å². The Hall–Kier alpha value is -1.38. The first-order valence-corrected chi connectivity index (χ1v) is 4.48. The Kier molecular flexibility index (Phi) is 3.43. The number of thiophene rings is 1. The van der Waals surface area contributed by atoms with Crippen molar-refractivity contribution in [1.82, 2.24) is 5.32 Å². The third-order valence-corrected chi connectivity index (χ3v) is 2.33. The van der Waals surface area contributed by atoms with Gasteiger partial charge in [0.15, 0.2) is 0 Å². The molecule has 68 valence electrons. The number of carbonyl (C=O) groups is 1. The van der Waals surface area contributed by atoms with E-state index in [0.29, 0.717) is 9.75 Å². The van der Waals surface area contributed by atoms with Crippen LogP contribution in [0.25, 0.3) is 0 Å². The third kappa shape index (κ3) is 2.54. The summed E-state index contributed by atoms with van der Waals surface area (Å²) in [7, 11) is 0. The summed E-state index contributed by atoms with van der Waals surface area (Å²) in [5.41, 5.74) is 0. The Bertz CT molecular complexity index is 340. The molecule has 0 aromatic carbocycles. The molecule has 0 bridgehead atoms. The zero-order chi connectivity index (χ0) is 9.68. The number of aliphatic hydroxyl groups is 1. The van der Waals surface area contributed by atoms with E-state index in [1.54, 1.807) is 12.1 Å². The molecule has 0 saturated heterocycles. The maximum atomic E-state index is 11.2. The smallest absolute Gasteiger partial charge is 0.261 e. The second kappa shape index (κ2) is 4.60. The molecule has 1 heterocycles. The fourth-order valence-corrected chi connectivity index (χ4v) is 1.50. The summed E-state index contributed by atoms with van der Waals surface area (Å²) < 4.78 is 0. The molecular weight excluding hydrogens is 188 g/mol. The zero-order valence-electron chi connectivity index (χ0n) is 6.78. The van der Waals surface area contributed by atoms with E-state index in [2.05, 4.69) is 5.32 Å². The molecule has 1 aromatic rings. The van der Waals surface area contributed by atoms with Crippen LogP contribution in [0, 0.1) is 11.3 Å². The van der Waals surface area contributed by atoms with Gasteiger partial charge in [-0.1, -0.05) is 0 Å². The predicted molar refractivity (Wildman–Crippen MR) is 48.5 cm³/mol. The van der Waals surface area contributed by atoms with Gasteiger partial charge in [0.1, 0.15) is 10.9 Å². The lowest BCUT2D eigenvalue weighted by Gasteiger charge is -1.98. The standard InChI is InChI=1S/C8H8N2O2S/c9-5-6-1-2-7(13-6)8(12)10-3-4-11/h1-2,11H,3-4H2,(H,10,12). The molecule has 0 saturated carbocycles. The number of carbonyl (C=O) groups excluding carboxylic acids is 1. The number of hydrogen-bond donors (Lipinski definition) is 2. The van der Waals surface area contributed by atoms with Gasteiger partial charge >= 0.3 is 0 Å². The normalized spacial score (nSPS) is 9.23. The lowest BCUT2D eigenvalue weighted by molar-refractivity contribution is 0.0949. The fourth-order valence-electron chi connectivity index (χ4n) is 0.777. The van der Waals surface area contributed by atoms with Crippen molar-refractivity contribution in [2.24, 2.45) is 0 Å². The van der Waals surface area contributed by atoms with Crippen molar-refractivity contribution in [3.05, 3.63) is 21.9 Å². The highest BCUT2D eigenvalue weighted by Crippen LogP contribution is 2.14. The van der Waals surface area contributed by atoms with E-state index < -0.39 is 0 Å². The lowest BCUT2D eigenvalue weighted by Crippen LogP contribution is -2.25. The molecule has 1 rings (SSSR count). The second-order valence-corrected chi connectivity index (χ2v) is 3.34. The molecule has 0 radical (unpaired) electrons. The molecule has 0 atom stereocenters. The van der Waals surface area contributed by atoms with Crippen LogP contribution < -0.4 is 5.32 Å². The van der Waals surface area contributed by atoms with Gasteiger partial charge in [0.05, 0.1) is 11.5 Å². The summed E-state index contributed by atoms with van der Waals surface area (Å²) in [6, 6.07) is 5.14. The molecule has 0 fully saturated rings. The summed E-state index contributed by atoms with van der Waals surface area (Å²) >= 11 is 1.14. The van der Waals surface area contributed by atoms with Gasteiger partial charge in [0.25, 0.3) is 5.91 Å². The van der Waals surface area contributed by atoms with Gasteiger partial charge in [0.2, 0.25) is 0 Å². The number of rotatable bonds is 3. The second-order valence-electron chi connectivity index (χ2n) is 2.26. The molecule has 4 nitrogen and oxygen atoms in total. The highest BCUT2D eigenvalue weighted by atomic mass is 32.1. The van der Waals surface area contributed by atoms with Crippen LogP contribution in [0.15, 0.2) is 12.1 Å². The van der Waals surface area contributed by atoms with Crippen LogP contribution in [0.3, 0.4) is 0 Å². The molecule has 1 aromatic heterocycles. The summed E-state index contributed by atoms with van der Waals surface area (Å²) in [4.78, 5) is 12.2. The number of hydrogen-bond acceptors (Lipinski definition) is 4. The highest BCUT2D eigenvalue weighted by Gasteiger charge is 2.07. The van der Waals surface area contributed by atoms with E-state index in [-0.39, 0.29) is 19.1 Å². The molecule has 0 unspecified atom stereocenters. The summed E-state index contributed by atoms with van der Waals surface area (Å²) in [5, 5.41) is 19.4. The monoisotopic (exact) mass is 196 g/mol. The van der Waals surface area contributed by atoms with Gasteiger partial charge in [0, 0.05) is 6.54 Å². The molecular formula is C8H8N2O2S. The van der Waals surface area contributed by atoms with Gasteiger partial charge in [-0.05, 0) is 12.1 Å². The van der Waals surface area contributed by atoms with E-state index in [4.69, 9.17) is 10.4 Å². The fraction of sp³-hybridized carbons (Fsp3) is 0.250. The van der Waals surface area contributed by atoms with E-state index in [9.17, 15) is 4.79 Å². The van der Waals surface area contributed by atoms with Gasteiger partial charge in [-0.25, -0.2) is 0 Å². The average molecular weight is 196 g/mol. The Morgan fingerprint density at radius 1 is 1.69 bits per heavy atom. The summed E-state index contributed by atoms with van der Waals surface area (Å²) in [6.45, 7) is 0.154. The Labute approximate surface area is 79.4 Å². The SMILES string of the molecule is N#Cc1ccc(C(=O)NCCO)s1. The van der Waals surface area contributed by atoms with Crippen molar-refractivity contribution in [2.75, 3.05) is 13.2 Å². The molecule has 1 amide bonds. The molecule has 0 aliphatic rings. The number of nitriles is 1. The summed E-state index contributed by atoms with van der Waals surface area (Å²) in [5.74, 6) is -0.249. The van der Waals surface area contributed by atoms with Crippen molar-refractivity contribution >= 4 is 17.2 Å². The maximum absolute atomic E-state index is 11.2. The van der Waals surface area contributed by atoms with E-state index in [0.717, 1.165) is 11.3 Å². The Balaban J connectivity index is 2.62. The average Bonchev–Trinajstić information content (AvgIpc) is 2.62. The number of nitrogens with zero attached hydrogens (tertiary/aromatic N) is 1. The Morgan fingerprint density at radius 3 is 3.00 bits per heavy atom. The first-order chi connectivity index (χ1) is 6.27. The van der Waals surface area contributed by atoms with E-state index in [1.165, 1.54) is 0 Å². The van der Waals surface area contributed by atoms with Crippen LogP contribution in [0.4, 0.5) is 0 Å². The maximum Gasteiger partial charge on any atom is 0.261 e. The minimum atomic E-state index is -0.249. The van der Waals surface area contributed by atoms with Gasteiger partial charge in [-0.15, -0.1) is 11.3 Å². The van der Waals surface area contributed by atoms with Crippen LogP contribution >= 0.6 is 11.3 Å². The molecule has 2 N–H and O–H groups in total. The third-order valence-electron chi connectivity index (χ3n) is 1.34. The quantitative estimate of drug-likeness (QED) is 0.732.